The van der Waals surface area contributed by atoms with Gasteiger partial charge in [-0.2, -0.15) is 13.2 Å². The van der Waals surface area contributed by atoms with Gasteiger partial charge in [-0.1, -0.05) is 59.1 Å². The van der Waals surface area contributed by atoms with Crippen LogP contribution in [0.15, 0.2) is 36.4 Å². The van der Waals surface area contributed by atoms with E-state index < -0.39 is 23.5 Å². The summed E-state index contributed by atoms with van der Waals surface area (Å²) >= 11 is 17.7. The average molecular weight is 534 g/mol. The fourth-order valence-corrected chi connectivity index (χ4v) is 4.18. The summed E-state index contributed by atoms with van der Waals surface area (Å²) in [6.07, 6.45) is -1.16. The third-order valence-corrected chi connectivity index (χ3v) is 6.77. The monoisotopic (exact) mass is 532 g/mol. The van der Waals surface area contributed by atoms with Crippen molar-refractivity contribution in [1.82, 2.24) is 10.6 Å². The minimum absolute atomic E-state index is 0.0124. The molecule has 0 aliphatic heterocycles. The quantitative estimate of drug-likeness (QED) is 0.389. The molecule has 0 saturated heterocycles. The molecular weight excluding hydrogens is 512 g/mol. The molecule has 1 unspecified atom stereocenters. The van der Waals surface area contributed by atoms with Crippen molar-refractivity contribution in [3.63, 3.8) is 0 Å². The van der Waals surface area contributed by atoms with Gasteiger partial charge in [0.1, 0.15) is 5.54 Å². The van der Waals surface area contributed by atoms with Crippen molar-refractivity contribution in [1.29, 1.82) is 0 Å². The molecule has 182 valence electrons. The minimum Gasteiger partial charge on any atom is -0.354 e. The van der Waals surface area contributed by atoms with Gasteiger partial charge in [0, 0.05) is 12.1 Å². The molecule has 2 aromatic rings. The Morgan fingerprint density at radius 1 is 1.12 bits per heavy atom. The average Bonchev–Trinajstić information content (AvgIpc) is 3.52. The molecule has 4 nitrogen and oxygen atoms in total. The highest BCUT2D eigenvalue weighted by Gasteiger charge is 2.51. The molecule has 2 amide bonds. The highest BCUT2D eigenvalue weighted by Crippen LogP contribution is 2.41. The summed E-state index contributed by atoms with van der Waals surface area (Å²) in [5, 5.41) is 5.34. The number of carbonyl (C=O) groups excluding carboxylic acids is 2. The lowest BCUT2D eigenvalue weighted by atomic mass is 9.96. The van der Waals surface area contributed by atoms with Gasteiger partial charge in [-0.3, -0.25) is 9.59 Å². The maximum absolute atomic E-state index is 13.7. The van der Waals surface area contributed by atoms with E-state index in [1.807, 2.05) is 0 Å². The molecule has 1 aliphatic rings. The Labute approximate surface area is 210 Å². The number of rotatable bonds is 7. The van der Waals surface area contributed by atoms with Crippen LogP contribution < -0.4 is 10.6 Å². The maximum atomic E-state index is 13.7. The van der Waals surface area contributed by atoms with Crippen LogP contribution in [-0.2, 0) is 4.79 Å². The smallest absolute Gasteiger partial charge is 0.354 e. The Kier molecular flexibility index (Phi) is 7.90. The number of halogens is 6. The molecule has 34 heavy (non-hydrogen) atoms. The molecule has 0 bridgehead atoms. The van der Waals surface area contributed by atoms with Crippen LogP contribution >= 0.6 is 34.8 Å². The van der Waals surface area contributed by atoms with E-state index in [1.54, 1.807) is 26.0 Å². The normalized spacial score (nSPS) is 15.8. The summed E-state index contributed by atoms with van der Waals surface area (Å²) in [6.45, 7) is 3.94. The van der Waals surface area contributed by atoms with Crippen molar-refractivity contribution in [2.75, 3.05) is 6.54 Å². The molecule has 10 heteroatoms. The second kappa shape index (κ2) is 10.2. The van der Waals surface area contributed by atoms with Gasteiger partial charge >= 0.3 is 6.18 Å². The van der Waals surface area contributed by atoms with E-state index in [0.29, 0.717) is 36.1 Å². The number of benzene rings is 2. The van der Waals surface area contributed by atoms with Crippen LogP contribution in [0.2, 0.25) is 15.1 Å². The maximum Gasteiger partial charge on any atom is 0.399 e. The van der Waals surface area contributed by atoms with Crippen LogP contribution in [-0.4, -0.2) is 30.1 Å². The van der Waals surface area contributed by atoms with E-state index in [0.717, 1.165) is 18.2 Å². The second-order valence-corrected chi connectivity index (χ2v) is 9.34. The zero-order chi connectivity index (χ0) is 25.3. The Morgan fingerprint density at radius 3 is 2.24 bits per heavy atom. The first-order chi connectivity index (χ1) is 15.9. The van der Waals surface area contributed by atoms with Gasteiger partial charge in [-0.05, 0) is 61.6 Å². The van der Waals surface area contributed by atoms with Gasteiger partial charge in [-0.15, -0.1) is 0 Å². The molecule has 0 aromatic heterocycles. The van der Waals surface area contributed by atoms with Crippen molar-refractivity contribution in [2.45, 2.75) is 44.3 Å². The first-order valence-electron chi connectivity index (χ1n) is 10.5. The lowest BCUT2D eigenvalue weighted by molar-refractivity contribution is -0.139. The lowest BCUT2D eigenvalue weighted by Crippen LogP contribution is -2.49. The summed E-state index contributed by atoms with van der Waals surface area (Å²) in [4.78, 5) is 24.9. The van der Waals surface area contributed by atoms with Gasteiger partial charge in [0.15, 0.2) is 0 Å². The zero-order valence-corrected chi connectivity index (χ0v) is 20.6. The highest BCUT2D eigenvalue weighted by molar-refractivity contribution is 6.48. The van der Waals surface area contributed by atoms with E-state index in [2.05, 4.69) is 10.6 Å². The van der Waals surface area contributed by atoms with E-state index >= 15 is 0 Å². The van der Waals surface area contributed by atoms with Gasteiger partial charge in [-0.25, -0.2) is 0 Å². The molecule has 1 fully saturated rings. The Balaban J connectivity index is 1.81. The van der Waals surface area contributed by atoms with Crippen molar-refractivity contribution in [3.8, 4) is 0 Å². The number of carbonyl (C=O) groups is 2. The van der Waals surface area contributed by atoms with Crippen LogP contribution in [0.5, 0.6) is 0 Å². The summed E-state index contributed by atoms with van der Waals surface area (Å²) in [7, 11) is 0. The first-order valence-corrected chi connectivity index (χ1v) is 11.6. The Bertz CT molecular complexity index is 1120. The Hall–Kier alpha value is -2.22. The van der Waals surface area contributed by atoms with Crippen LogP contribution in [0.1, 0.15) is 52.7 Å². The summed E-state index contributed by atoms with van der Waals surface area (Å²) in [5.74, 6) is -2.59. The first kappa shape index (κ1) is 26.4. The van der Waals surface area contributed by atoms with Gasteiger partial charge in [0.25, 0.3) is 5.91 Å². The number of nitrogens with one attached hydrogen (secondary N) is 2. The third-order valence-electron chi connectivity index (χ3n) is 5.57. The molecule has 2 aromatic carbocycles. The number of likely N-dealkylation sites (N-methyl/N-ethyl adjacent to an activating group) is 1. The number of hydrogen-bond acceptors (Lipinski definition) is 2. The third kappa shape index (κ3) is 5.88. The molecule has 0 spiro atoms. The van der Waals surface area contributed by atoms with Crippen LogP contribution in [0.4, 0.5) is 13.2 Å². The van der Waals surface area contributed by atoms with Crippen molar-refractivity contribution in [3.05, 3.63) is 73.7 Å². The van der Waals surface area contributed by atoms with Crippen molar-refractivity contribution < 1.29 is 22.8 Å². The summed E-state index contributed by atoms with van der Waals surface area (Å²) in [5.41, 5.74) is 0.346. The van der Waals surface area contributed by atoms with Crippen LogP contribution in [0.25, 0.3) is 6.08 Å². The van der Waals surface area contributed by atoms with Crippen molar-refractivity contribution in [2.24, 2.45) is 0 Å². The topological polar surface area (TPSA) is 58.2 Å². The SMILES string of the molecule is CCNC(=O)C1(NC(=O)c2ccc(C=CC(c3cc(Cl)c(Cl)c(Cl)c3)C(F)(F)F)cc2C)CC1. The number of allylic oxidation sites excluding steroid dienone is 1. The van der Waals surface area contributed by atoms with E-state index in [1.165, 1.54) is 12.1 Å². The van der Waals surface area contributed by atoms with E-state index in [4.69, 9.17) is 34.8 Å². The van der Waals surface area contributed by atoms with E-state index in [-0.39, 0.29) is 26.5 Å². The van der Waals surface area contributed by atoms with Crippen LogP contribution in [0, 0.1) is 6.92 Å². The number of hydrogen-bond donors (Lipinski definition) is 2. The summed E-state index contributed by atoms with van der Waals surface area (Å²) in [6, 6.07) is 6.95. The van der Waals surface area contributed by atoms with E-state index in [9.17, 15) is 22.8 Å². The summed E-state index contributed by atoms with van der Waals surface area (Å²) < 4.78 is 41.2. The molecule has 1 aliphatic carbocycles. The van der Waals surface area contributed by atoms with Crippen LogP contribution in [0.3, 0.4) is 0 Å². The molecule has 0 heterocycles. The predicted octanol–water partition coefficient (Wildman–Crippen LogP) is 6.71. The fraction of sp³-hybridized carbons (Fsp3) is 0.333. The second-order valence-electron chi connectivity index (χ2n) is 8.15. The number of aryl methyl sites for hydroxylation is 1. The Morgan fingerprint density at radius 2 is 1.74 bits per heavy atom. The minimum atomic E-state index is -4.59. The lowest BCUT2D eigenvalue weighted by Gasteiger charge is -2.19. The molecule has 1 atom stereocenters. The standard InChI is InChI=1S/C24H22Cl3F3N2O2/c1-3-31-22(34)23(8-9-23)32-21(33)16-6-4-14(10-13(16)2)5-7-17(24(28,29)30)15-11-18(25)20(27)19(26)12-15/h4-7,10-12,17H,3,8-9H2,1-2H3,(H,31,34)(H,32,33). The molecule has 3 rings (SSSR count). The van der Waals surface area contributed by atoms with Gasteiger partial charge in [0.2, 0.25) is 5.91 Å². The molecule has 1 saturated carbocycles. The molecular formula is C24H22Cl3F3N2O2. The fourth-order valence-electron chi connectivity index (χ4n) is 3.56. The predicted molar refractivity (Wildman–Crippen MR) is 129 cm³/mol. The molecule has 2 N–H and O–H groups in total. The number of amides is 2. The van der Waals surface area contributed by atoms with Crippen molar-refractivity contribution >= 4 is 52.7 Å². The molecule has 0 radical (unpaired) electrons. The zero-order valence-electron chi connectivity index (χ0n) is 18.3. The largest absolute Gasteiger partial charge is 0.399 e. The number of alkyl halides is 3. The highest BCUT2D eigenvalue weighted by atomic mass is 35.5. The van der Waals surface area contributed by atoms with Gasteiger partial charge in [0.05, 0.1) is 21.0 Å². The van der Waals surface area contributed by atoms with Gasteiger partial charge < -0.3 is 10.6 Å².